The third kappa shape index (κ3) is 21.1. The highest BCUT2D eigenvalue weighted by molar-refractivity contribution is 5.70. The molecule has 0 unspecified atom stereocenters. The van der Waals surface area contributed by atoms with Gasteiger partial charge in [-0.2, -0.15) is 0 Å². The number of rotatable bonds is 18. The van der Waals surface area contributed by atoms with Crippen LogP contribution in [0.5, 0.6) is 0 Å². The molecule has 0 heterocycles. The smallest absolute Gasteiger partial charge is 0.306 e. The highest BCUT2D eigenvalue weighted by Gasteiger charge is 2.14. The van der Waals surface area contributed by atoms with Crippen molar-refractivity contribution in [3.63, 3.8) is 0 Å². The van der Waals surface area contributed by atoms with E-state index in [1.165, 1.54) is 6.92 Å². The van der Waals surface area contributed by atoms with Crippen LogP contribution >= 0.6 is 0 Å². The van der Waals surface area contributed by atoms with E-state index >= 15 is 0 Å². The van der Waals surface area contributed by atoms with E-state index in [4.69, 9.17) is 14.6 Å². The van der Waals surface area contributed by atoms with Crippen LogP contribution in [0, 0.1) is 0 Å². The van der Waals surface area contributed by atoms with Gasteiger partial charge in [0.25, 0.3) is 0 Å². The largest absolute Gasteiger partial charge is 0.462 e. The number of carbonyl (C=O) groups excluding carboxylic acids is 2. The van der Waals surface area contributed by atoms with Gasteiger partial charge < -0.3 is 24.8 Å². The second-order valence-electron chi connectivity index (χ2n) is 7.45. The molecule has 7 heteroatoms. The van der Waals surface area contributed by atoms with E-state index in [2.05, 4.69) is 0 Å². The van der Waals surface area contributed by atoms with Gasteiger partial charge in [0, 0.05) is 13.3 Å². The van der Waals surface area contributed by atoms with Crippen LogP contribution in [-0.2, 0) is 19.1 Å². The zero-order valence-electron chi connectivity index (χ0n) is 20.3. The van der Waals surface area contributed by atoms with Crippen LogP contribution in [0.3, 0.4) is 0 Å². The molecule has 0 saturated heterocycles. The maximum absolute atomic E-state index is 11.7. The predicted octanol–water partition coefficient (Wildman–Crippen LogP) is 3.87. The second-order valence-corrected chi connectivity index (χ2v) is 7.45. The van der Waals surface area contributed by atoms with E-state index in [0.717, 1.165) is 6.42 Å². The Morgan fingerprint density at radius 2 is 1.44 bits per heavy atom. The summed E-state index contributed by atoms with van der Waals surface area (Å²) in [6, 6.07) is 0. The molecule has 3 atom stereocenters. The summed E-state index contributed by atoms with van der Waals surface area (Å²) < 4.78 is 9.75. The minimum atomic E-state index is -0.846. The van der Waals surface area contributed by atoms with Crippen LogP contribution < -0.4 is 0 Å². The van der Waals surface area contributed by atoms with Crippen molar-refractivity contribution in [1.29, 1.82) is 0 Å². The number of ether oxygens (including phenoxy) is 2. The molecule has 0 aromatic heterocycles. The van der Waals surface area contributed by atoms with Crippen molar-refractivity contribution in [3.05, 3.63) is 72.9 Å². The van der Waals surface area contributed by atoms with Gasteiger partial charge in [-0.15, -0.1) is 0 Å². The lowest BCUT2D eigenvalue weighted by atomic mass is 10.2. The highest BCUT2D eigenvalue weighted by atomic mass is 16.6. The Labute approximate surface area is 203 Å². The van der Waals surface area contributed by atoms with Gasteiger partial charge in [0.15, 0.2) is 6.10 Å². The molecule has 0 amide bonds. The van der Waals surface area contributed by atoms with Gasteiger partial charge in [0.05, 0.1) is 18.8 Å². The summed E-state index contributed by atoms with van der Waals surface area (Å²) in [4.78, 5) is 22.5. The van der Waals surface area contributed by atoms with Gasteiger partial charge in [-0.05, 0) is 32.1 Å². The first-order valence-corrected chi connectivity index (χ1v) is 11.6. The molecule has 0 aliphatic heterocycles. The van der Waals surface area contributed by atoms with E-state index in [9.17, 15) is 19.8 Å². The first-order valence-electron chi connectivity index (χ1n) is 11.6. The van der Waals surface area contributed by atoms with Crippen molar-refractivity contribution in [2.75, 3.05) is 13.2 Å². The van der Waals surface area contributed by atoms with Crippen molar-refractivity contribution in [2.45, 2.75) is 70.7 Å². The molecule has 190 valence electrons. The third-order valence-electron chi connectivity index (χ3n) is 4.25. The number of carbonyl (C=O) groups is 2. The van der Waals surface area contributed by atoms with E-state index in [1.54, 1.807) is 36.5 Å². The molecule has 0 rings (SSSR count). The number of hydrogen-bond donors (Lipinski definition) is 3. The summed E-state index contributed by atoms with van der Waals surface area (Å²) in [7, 11) is 0. The molecular weight excluding hydrogens is 436 g/mol. The van der Waals surface area contributed by atoms with Crippen molar-refractivity contribution in [3.8, 4) is 0 Å². The summed E-state index contributed by atoms with van der Waals surface area (Å²) in [6.07, 6.45) is 23.6. The molecule has 34 heavy (non-hydrogen) atoms. The molecule has 0 saturated carbocycles. The summed E-state index contributed by atoms with van der Waals surface area (Å²) >= 11 is 0. The number of aliphatic hydroxyl groups is 3. The molecular formula is C27H40O7. The Morgan fingerprint density at radius 1 is 0.853 bits per heavy atom. The fourth-order valence-electron chi connectivity index (χ4n) is 2.48. The van der Waals surface area contributed by atoms with Crippen molar-refractivity contribution < 1.29 is 34.4 Å². The first-order chi connectivity index (χ1) is 16.4. The Kier molecular flexibility index (Phi) is 20.3. The van der Waals surface area contributed by atoms with Gasteiger partial charge in [-0.3, -0.25) is 9.59 Å². The second kappa shape index (κ2) is 22.1. The van der Waals surface area contributed by atoms with Gasteiger partial charge in [0.2, 0.25) is 0 Å². The molecule has 0 aromatic rings. The zero-order valence-corrected chi connectivity index (χ0v) is 20.3. The first kappa shape index (κ1) is 31.3. The third-order valence-corrected chi connectivity index (χ3v) is 4.25. The fourth-order valence-corrected chi connectivity index (χ4v) is 2.48. The fraction of sp³-hybridized carbons (Fsp3) is 0.481. The lowest BCUT2D eigenvalue weighted by Gasteiger charge is -2.14. The van der Waals surface area contributed by atoms with E-state index < -0.39 is 36.9 Å². The average Bonchev–Trinajstić information content (AvgIpc) is 2.80. The standard InChI is InChI=1S/C27H40O7/c1-3-4-11-16-24(30)18-13-9-10-14-19-25(31)17-12-7-5-6-8-15-20-27(32)34-26(21-28)22-33-23(2)29/h4,6-14,18-19,24-26,28,30-31H,3,5,15-17,20-22H2,1-2H3/b8-6-,10-9-,11-4-,12-7-,18-13+,19-14+/t24-,25+,26-/m0/s1. The number of aliphatic hydroxyl groups excluding tert-OH is 3. The van der Waals surface area contributed by atoms with E-state index in [0.29, 0.717) is 25.7 Å². The predicted molar refractivity (Wildman–Crippen MR) is 134 cm³/mol. The van der Waals surface area contributed by atoms with Gasteiger partial charge in [-0.25, -0.2) is 0 Å². The summed E-state index contributed by atoms with van der Waals surface area (Å²) in [5.74, 6) is -0.965. The monoisotopic (exact) mass is 476 g/mol. The Bertz CT molecular complexity index is 716. The molecule has 7 nitrogen and oxygen atoms in total. The molecule has 0 aliphatic carbocycles. The minimum Gasteiger partial charge on any atom is -0.462 e. The van der Waals surface area contributed by atoms with Crippen LogP contribution in [-0.4, -0.2) is 58.8 Å². The number of esters is 2. The Balaban J connectivity index is 3.97. The lowest BCUT2D eigenvalue weighted by molar-refractivity contribution is -0.160. The number of hydrogen-bond acceptors (Lipinski definition) is 7. The molecule has 0 spiro atoms. The van der Waals surface area contributed by atoms with E-state index in [-0.39, 0.29) is 13.0 Å². The molecule has 0 fully saturated rings. The van der Waals surface area contributed by atoms with Crippen LogP contribution in [0.1, 0.15) is 52.4 Å². The molecule has 0 aliphatic rings. The molecule has 0 bridgehead atoms. The van der Waals surface area contributed by atoms with Crippen LogP contribution in [0.2, 0.25) is 0 Å². The highest BCUT2D eigenvalue weighted by Crippen LogP contribution is 2.02. The Hall–Kier alpha value is -2.74. The van der Waals surface area contributed by atoms with Crippen molar-refractivity contribution in [1.82, 2.24) is 0 Å². The van der Waals surface area contributed by atoms with Gasteiger partial charge in [0.1, 0.15) is 6.61 Å². The zero-order chi connectivity index (χ0) is 25.4. The summed E-state index contributed by atoms with van der Waals surface area (Å²) in [5, 5.41) is 28.8. The maximum atomic E-state index is 11.7. The van der Waals surface area contributed by atoms with Crippen LogP contribution in [0.15, 0.2) is 72.9 Å². The Morgan fingerprint density at radius 3 is 2.00 bits per heavy atom. The normalized spacial score (nSPS) is 15.3. The van der Waals surface area contributed by atoms with Crippen LogP contribution in [0.25, 0.3) is 0 Å². The summed E-state index contributed by atoms with van der Waals surface area (Å²) in [6.45, 7) is 2.73. The molecule has 3 N–H and O–H groups in total. The topological polar surface area (TPSA) is 113 Å². The lowest BCUT2D eigenvalue weighted by Crippen LogP contribution is -2.27. The molecule has 0 radical (unpaired) electrons. The summed E-state index contributed by atoms with van der Waals surface area (Å²) in [5.41, 5.74) is 0. The van der Waals surface area contributed by atoms with E-state index in [1.807, 2.05) is 43.4 Å². The minimum absolute atomic E-state index is 0.159. The molecule has 0 aromatic carbocycles. The average molecular weight is 477 g/mol. The van der Waals surface area contributed by atoms with Gasteiger partial charge in [-0.1, -0.05) is 79.8 Å². The van der Waals surface area contributed by atoms with Crippen molar-refractivity contribution in [2.24, 2.45) is 0 Å². The van der Waals surface area contributed by atoms with Gasteiger partial charge >= 0.3 is 11.9 Å². The van der Waals surface area contributed by atoms with Crippen molar-refractivity contribution >= 4 is 11.9 Å². The quantitative estimate of drug-likeness (QED) is 0.156. The SMILES string of the molecule is CC/C=C\C[C@H](O)/C=C/C=C\C=C\[C@H](O)C/C=C\C/C=C\CCC(=O)O[C@@H](CO)COC(C)=O. The maximum Gasteiger partial charge on any atom is 0.306 e. The number of allylic oxidation sites excluding steroid dienone is 8. The van der Waals surface area contributed by atoms with Crippen LogP contribution in [0.4, 0.5) is 0 Å².